The molecule has 1 N–H and O–H groups in total. The van der Waals surface area contributed by atoms with Crippen LogP contribution in [-0.2, 0) is 6.61 Å². The van der Waals surface area contributed by atoms with E-state index in [4.69, 9.17) is 19.3 Å². The smallest absolute Gasteiger partial charge is 0.203 e. The Bertz CT molecular complexity index is 284. The van der Waals surface area contributed by atoms with Gasteiger partial charge in [0.15, 0.2) is 11.5 Å². The second-order valence-corrected chi connectivity index (χ2v) is 2.69. The summed E-state index contributed by atoms with van der Waals surface area (Å²) in [6.45, 7) is -0.0588. The van der Waals surface area contributed by atoms with E-state index in [-0.39, 0.29) is 6.61 Å². The summed E-state index contributed by atoms with van der Waals surface area (Å²) in [6.07, 6.45) is 0. The van der Waals surface area contributed by atoms with Gasteiger partial charge in [0, 0.05) is 0 Å². The molecule has 0 aliphatic carbocycles. The maximum Gasteiger partial charge on any atom is 0.203 e. The first kappa shape index (κ1) is 10.7. The molecule has 1 aromatic rings. The average molecular weight is 198 g/mol. The number of ether oxygens (including phenoxy) is 3. The molecule has 0 bridgehead atoms. The molecule has 1 aromatic carbocycles. The Morgan fingerprint density at radius 1 is 1.00 bits per heavy atom. The first-order valence-corrected chi connectivity index (χ1v) is 4.16. The Labute approximate surface area is 83.0 Å². The molecule has 0 fully saturated rings. The molecule has 0 amide bonds. The van der Waals surface area contributed by atoms with Gasteiger partial charge in [-0.2, -0.15) is 0 Å². The van der Waals surface area contributed by atoms with Crippen LogP contribution in [-0.4, -0.2) is 26.4 Å². The first-order valence-electron chi connectivity index (χ1n) is 4.16. The number of hydrogen-bond acceptors (Lipinski definition) is 4. The molecule has 4 heteroatoms. The molecule has 0 aliphatic rings. The van der Waals surface area contributed by atoms with Crippen LogP contribution < -0.4 is 14.2 Å². The Hall–Kier alpha value is -1.42. The summed E-state index contributed by atoms with van der Waals surface area (Å²) in [4.78, 5) is 0. The zero-order valence-corrected chi connectivity index (χ0v) is 8.53. The van der Waals surface area contributed by atoms with E-state index in [0.29, 0.717) is 17.2 Å². The fraction of sp³-hybridized carbons (Fsp3) is 0.400. The van der Waals surface area contributed by atoms with Crippen LogP contribution in [0.3, 0.4) is 0 Å². The molecule has 0 atom stereocenters. The summed E-state index contributed by atoms with van der Waals surface area (Å²) < 4.78 is 15.3. The fourth-order valence-corrected chi connectivity index (χ4v) is 1.23. The highest BCUT2D eigenvalue weighted by molar-refractivity contribution is 5.53. The first-order chi connectivity index (χ1) is 6.76. The van der Waals surface area contributed by atoms with Crippen LogP contribution in [0.25, 0.3) is 0 Å². The van der Waals surface area contributed by atoms with Gasteiger partial charge < -0.3 is 19.3 Å². The number of methoxy groups -OCH3 is 3. The van der Waals surface area contributed by atoms with Gasteiger partial charge in [-0.25, -0.2) is 0 Å². The lowest BCUT2D eigenvalue weighted by atomic mass is 10.2. The molecule has 0 heterocycles. The second-order valence-electron chi connectivity index (χ2n) is 2.69. The van der Waals surface area contributed by atoms with Crippen LogP contribution >= 0.6 is 0 Å². The van der Waals surface area contributed by atoms with Gasteiger partial charge in [-0.15, -0.1) is 0 Å². The summed E-state index contributed by atoms with van der Waals surface area (Å²) in [5.41, 5.74) is 0.722. The van der Waals surface area contributed by atoms with Gasteiger partial charge in [-0.3, -0.25) is 0 Å². The molecular weight excluding hydrogens is 184 g/mol. The van der Waals surface area contributed by atoms with Crippen molar-refractivity contribution in [2.24, 2.45) is 0 Å². The maximum absolute atomic E-state index is 8.99. The fourth-order valence-electron chi connectivity index (χ4n) is 1.23. The average Bonchev–Trinajstić information content (AvgIpc) is 2.26. The van der Waals surface area contributed by atoms with E-state index in [0.717, 1.165) is 5.56 Å². The molecule has 14 heavy (non-hydrogen) atoms. The molecule has 0 spiro atoms. The maximum atomic E-state index is 8.99. The standard InChI is InChI=1S/C10H14O4/c1-12-8-4-7(6-11)5-9(13-2)10(8)14-3/h4-5,11H,6H2,1-3H3. The number of hydrogen-bond donors (Lipinski definition) is 1. The van der Waals surface area contributed by atoms with Crippen LogP contribution in [0.2, 0.25) is 0 Å². The number of rotatable bonds is 4. The largest absolute Gasteiger partial charge is 0.493 e. The molecule has 0 radical (unpaired) electrons. The van der Waals surface area contributed by atoms with Crippen LogP contribution in [0.4, 0.5) is 0 Å². The molecule has 1 rings (SSSR count). The lowest BCUT2D eigenvalue weighted by Crippen LogP contribution is -1.96. The molecule has 78 valence electrons. The minimum Gasteiger partial charge on any atom is -0.493 e. The van der Waals surface area contributed by atoms with Gasteiger partial charge in [0.1, 0.15) is 0 Å². The van der Waals surface area contributed by atoms with Crippen LogP contribution in [0.5, 0.6) is 17.2 Å². The summed E-state index contributed by atoms with van der Waals surface area (Å²) in [5, 5.41) is 8.99. The number of aliphatic hydroxyl groups excluding tert-OH is 1. The third-order valence-electron chi connectivity index (χ3n) is 1.91. The normalized spacial score (nSPS) is 9.71. The predicted octanol–water partition coefficient (Wildman–Crippen LogP) is 1.20. The summed E-state index contributed by atoms with van der Waals surface area (Å²) in [5.74, 6) is 1.64. The van der Waals surface area contributed by atoms with Gasteiger partial charge in [-0.05, 0) is 17.7 Å². The second kappa shape index (κ2) is 4.72. The monoisotopic (exact) mass is 198 g/mol. The van der Waals surface area contributed by atoms with Gasteiger partial charge in [-0.1, -0.05) is 0 Å². The molecule has 0 unspecified atom stereocenters. The van der Waals surface area contributed by atoms with Crippen molar-refractivity contribution in [3.8, 4) is 17.2 Å². The van der Waals surface area contributed by atoms with Crippen molar-refractivity contribution in [3.63, 3.8) is 0 Å². The van der Waals surface area contributed by atoms with Gasteiger partial charge in [0.2, 0.25) is 5.75 Å². The van der Waals surface area contributed by atoms with Crippen LogP contribution in [0, 0.1) is 0 Å². The molecule has 4 nitrogen and oxygen atoms in total. The third-order valence-corrected chi connectivity index (χ3v) is 1.91. The Morgan fingerprint density at radius 3 is 1.79 bits per heavy atom. The van der Waals surface area contributed by atoms with E-state index < -0.39 is 0 Å². The van der Waals surface area contributed by atoms with Crippen molar-refractivity contribution in [2.75, 3.05) is 21.3 Å². The minimum absolute atomic E-state index is 0.0588. The van der Waals surface area contributed by atoms with Gasteiger partial charge in [0.25, 0.3) is 0 Å². The zero-order chi connectivity index (χ0) is 10.6. The van der Waals surface area contributed by atoms with E-state index in [1.807, 2.05) is 0 Å². The zero-order valence-electron chi connectivity index (χ0n) is 8.53. The van der Waals surface area contributed by atoms with E-state index in [1.165, 1.54) is 0 Å². The third kappa shape index (κ3) is 1.90. The van der Waals surface area contributed by atoms with Gasteiger partial charge in [0.05, 0.1) is 27.9 Å². The molecule has 0 saturated heterocycles. The van der Waals surface area contributed by atoms with Crippen molar-refractivity contribution in [3.05, 3.63) is 17.7 Å². The lowest BCUT2D eigenvalue weighted by Gasteiger charge is -2.13. The molecule has 0 aromatic heterocycles. The quantitative estimate of drug-likeness (QED) is 0.789. The minimum atomic E-state index is -0.0588. The molecule has 0 aliphatic heterocycles. The van der Waals surface area contributed by atoms with Crippen LogP contribution in [0.15, 0.2) is 12.1 Å². The number of benzene rings is 1. The van der Waals surface area contributed by atoms with Crippen molar-refractivity contribution in [2.45, 2.75) is 6.61 Å². The highest BCUT2D eigenvalue weighted by atomic mass is 16.5. The topological polar surface area (TPSA) is 47.9 Å². The Balaban J connectivity index is 3.24. The SMILES string of the molecule is COc1cc(CO)cc(OC)c1OC. The van der Waals surface area contributed by atoms with Crippen molar-refractivity contribution in [1.29, 1.82) is 0 Å². The van der Waals surface area contributed by atoms with Gasteiger partial charge >= 0.3 is 0 Å². The number of aliphatic hydroxyl groups is 1. The predicted molar refractivity (Wildman–Crippen MR) is 52.0 cm³/mol. The van der Waals surface area contributed by atoms with Crippen LogP contribution in [0.1, 0.15) is 5.56 Å². The summed E-state index contributed by atoms with van der Waals surface area (Å²) >= 11 is 0. The summed E-state index contributed by atoms with van der Waals surface area (Å²) in [7, 11) is 4.62. The highest BCUT2D eigenvalue weighted by Crippen LogP contribution is 2.38. The van der Waals surface area contributed by atoms with E-state index in [2.05, 4.69) is 0 Å². The van der Waals surface area contributed by atoms with Crippen molar-refractivity contribution >= 4 is 0 Å². The lowest BCUT2D eigenvalue weighted by molar-refractivity contribution is 0.277. The Kier molecular flexibility index (Phi) is 3.59. The van der Waals surface area contributed by atoms with E-state index >= 15 is 0 Å². The molecular formula is C10H14O4. The van der Waals surface area contributed by atoms with E-state index in [9.17, 15) is 0 Å². The summed E-state index contributed by atoms with van der Waals surface area (Å²) in [6, 6.07) is 3.42. The van der Waals surface area contributed by atoms with Crippen molar-refractivity contribution < 1.29 is 19.3 Å². The van der Waals surface area contributed by atoms with E-state index in [1.54, 1.807) is 33.5 Å². The molecule has 0 saturated carbocycles. The Morgan fingerprint density at radius 2 is 1.50 bits per heavy atom. The highest BCUT2D eigenvalue weighted by Gasteiger charge is 2.12. The van der Waals surface area contributed by atoms with Crippen molar-refractivity contribution in [1.82, 2.24) is 0 Å².